The van der Waals surface area contributed by atoms with Crippen LogP contribution in [0.3, 0.4) is 0 Å². The zero-order valence-corrected chi connectivity index (χ0v) is 12.4. The van der Waals surface area contributed by atoms with Crippen LogP contribution in [0.5, 0.6) is 0 Å². The van der Waals surface area contributed by atoms with E-state index in [9.17, 15) is 4.79 Å². The Hall–Kier alpha value is -1.03. The summed E-state index contributed by atoms with van der Waals surface area (Å²) in [6.45, 7) is 5.33. The van der Waals surface area contributed by atoms with E-state index in [1.54, 1.807) is 0 Å². The van der Waals surface area contributed by atoms with Gasteiger partial charge in [-0.25, -0.2) is 4.98 Å². The van der Waals surface area contributed by atoms with E-state index in [1.807, 2.05) is 0 Å². The Morgan fingerprint density at radius 2 is 2.16 bits per heavy atom. The summed E-state index contributed by atoms with van der Waals surface area (Å²) in [6, 6.07) is 0.477. The van der Waals surface area contributed by atoms with Crippen LogP contribution in [0.2, 0.25) is 5.02 Å². The average molecular weight is 284 g/mol. The number of aromatic nitrogens is 2. The Balaban J connectivity index is 2.24. The van der Waals surface area contributed by atoms with Crippen molar-refractivity contribution in [2.45, 2.75) is 52.0 Å². The molecule has 1 heterocycles. The van der Waals surface area contributed by atoms with Crippen molar-refractivity contribution in [3.05, 3.63) is 21.7 Å². The van der Waals surface area contributed by atoms with Crippen molar-refractivity contribution >= 4 is 17.4 Å². The second-order valence-electron chi connectivity index (χ2n) is 5.68. The molecule has 106 valence electrons. The highest BCUT2D eigenvalue weighted by Crippen LogP contribution is 2.30. The molecule has 1 saturated carbocycles. The fourth-order valence-electron chi connectivity index (χ4n) is 2.65. The lowest BCUT2D eigenvalue weighted by Gasteiger charge is -2.31. The third-order valence-corrected chi connectivity index (χ3v) is 4.10. The highest BCUT2D eigenvalue weighted by atomic mass is 35.5. The number of halogens is 1. The van der Waals surface area contributed by atoms with Gasteiger partial charge >= 0.3 is 0 Å². The summed E-state index contributed by atoms with van der Waals surface area (Å²) in [5.74, 6) is 1.28. The molecule has 0 saturated heterocycles. The number of hydrogen-bond acceptors (Lipinski definition) is 3. The van der Waals surface area contributed by atoms with Crippen LogP contribution < -0.4 is 10.5 Å². The number of H-pyrrole nitrogens is 1. The highest BCUT2D eigenvalue weighted by molar-refractivity contribution is 6.32. The normalized spacial score (nSPS) is 16.2. The maximum atomic E-state index is 11.6. The zero-order valence-electron chi connectivity index (χ0n) is 11.7. The number of nitrogens with zero attached hydrogens (tertiary/aromatic N) is 2. The monoisotopic (exact) mass is 283 g/mol. The first-order valence-corrected chi connectivity index (χ1v) is 7.47. The molecule has 1 aliphatic rings. The van der Waals surface area contributed by atoms with Gasteiger partial charge < -0.3 is 9.88 Å². The van der Waals surface area contributed by atoms with Gasteiger partial charge in [-0.3, -0.25) is 4.79 Å². The minimum absolute atomic E-state index is 0.221. The quantitative estimate of drug-likeness (QED) is 0.903. The van der Waals surface area contributed by atoms with E-state index in [0.29, 0.717) is 17.8 Å². The van der Waals surface area contributed by atoms with Crippen LogP contribution in [0, 0.1) is 5.92 Å². The van der Waals surface area contributed by atoms with E-state index < -0.39 is 0 Å². The van der Waals surface area contributed by atoms with Gasteiger partial charge in [0.1, 0.15) is 5.02 Å². The molecule has 1 aliphatic carbocycles. The number of nitrogens with one attached hydrogen (secondary N) is 1. The minimum Gasteiger partial charge on any atom is -0.352 e. The van der Waals surface area contributed by atoms with Crippen molar-refractivity contribution in [2.75, 3.05) is 11.4 Å². The van der Waals surface area contributed by atoms with Crippen LogP contribution in [0.25, 0.3) is 0 Å². The fourth-order valence-corrected chi connectivity index (χ4v) is 2.86. The maximum absolute atomic E-state index is 11.6. The molecule has 1 fully saturated rings. The molecule has 0 unspecified atom stereocenters. The average Bonchev–Trinajstić information content (AvgIpc) is 2.88. The van der Waals surface area contributed by atoms with E-state index in [0.717, 1.165) is 13.0 Å². The van der Waals surface area contributed by atoms with E-state index in [1.165, 1.54) is 32.0 Å². The van der Waals surface area contributed by atoms with Crippen molar-refractivity contribution in [1.29, 1.82) is 0 Å². The predicted molar refractivity (Wildman–Crippen MR) is 78.9 cm³/mol. The summed E-state index contributed by atoms with van der Waals surface area (Å²) in [7, 11) is 0. The van der Waals surface area contributed by atoms with Gasteiger partial charge in [0.05, 0.1) is 6.33 Å². The summed E-state index contributed by atoms with van der Waals surface area (Å²) in [6.07, 6.45) is 7.38. The topological polar surface area (TPSA) is 49.0 Å². The third-order valence-electron chi connectivity index (χ3n) is 3.76. The number of aromatic amines is 1. The van der Waals surface area contributed by atoms with Gasteiger partial charge in [0.25, 0.3) is 5.56 Å². The summed E-state index contributed by atoms with van der Waals surface area (Å²) in [4.78, 5) is 20.7. The summed E-state index contributed by atoms with van der Waals surface area (Å²) in [5, 5.41) is 0.221. The molecule has 0 bridgehead atoms. The summed E-state index contributed by atoms with van der Waals surface area (Å²) in [5.41, 5.74) is -0.251. The molecule has 19 heavy (non-hydrogen) atoms. The summed E-state index contributed by atoms with van der Waals surface area (Å²) >= 11 is 6.13. The smallest absolute Gasteiger partial charge is 0.271 e. The Morgan fingerprint density at radius 3 is 2.79 bits per heavy atom. The third kappa shape index (κ3) is 3.50. The Morgan fingerprint density at radius 1 is 1.47 bits per heavy atom. The number of rotatable bonds is 5. The van der Waals surface area contributed by atoms with Crippen LogP contribution in [0.15, 0.2) is 11.1 Å². The molecule has 1 N–H and O–H groups in total. The molecule has 0 amide bonds. The Labute approximate surface area is 119 Å². The van der Waals surface area contributed by atoms with Crippen molar-refractivity contribution in [3.8, 4) is 0 Å². The van der Waals surface area contributed by atoms with Gasteiger partial charge in [0.15, 0.2) is 5.82 Å². The molecule has 4 nitrogen and oxygen atoms in total. The van der Waals surface area contributed by atoms with Crippen molar-refractivity contribution < 1.29 is 0 Å². The first-order chi connectivity index (χ1) is 9.09. The van der Waals surface area contributed by atoms with Gasteiger partial charge in [-0.05, 0) is 25.2 Å². The van der Waals surface area contributed by atoms with Gasteiger partial charge in [0, 0.05) is 12.6 Å². The van der Waals surface area contributed by atoms with Crippen molar-refractivity contribution in [2.24, 2.45) is 5.92 Å². The zero-order chi connectivity index (χ0) is 13.8. The van der Waals surface area contributed by atoms with E-state index in [2.05, 4.69) is 28.7 Å². The molecule has 1 aromatic rings. The van der Waals surface area contributed by atoms with Gasteiger partial charge in [0.2, 0.25) is 0 Å². The molecule has 0 radical (unpaired) electrons. The van der Waals surface area contributed by atoms with Gasteiger partial charge in [-0.15, -0.1) is 0 Å². The van der Waals surface area contributed by atoms with E-state index >= 15 is 0 Å². The largest absolute Gasteiger partial charge is 0.352 e. The molecule has 0 spiro atoms. The summed E-state index contributed by atoms with van der Waals surface area (Å²) < 4.78 is 0. The molecule has 5 heteroatoms. The number of hydrogen-bond donors (Lipinski definition) is 1. The molecule has 0 aromatic carbocycles. The number of anilines is 1. The minimum atomic E-state index is -0.251. The lowest BCUT2D eigenvalue weighted by Crippen LogP contribution is -2.36. The second-order valence-corrected chi connectivity index (χ2v) is 6.06. The van der Waals surface area contributed by atoms with Gasteiger partial charge in [-0.1, -0.05) is 38.3 Å². The van der Waals surface area contributed by atoms with Crippen LogP contribution in [-0.4, -0.2) is 22.6 Å². The molecular weight excluding hydrogens is 262 g/mol. The van der Waals surface area contributed by atoms with Crippen LogP contribution >= 0.6 is 11.6 Å². The van der Waals surface area contributed by atoms with Crippen LogP contribution in [0.1, 0.15) is 46.0 Å². The van der Waals surface area contributed by atoms with E-state index in [4.69, 9.17) is 11.6 Å². The highest BCUT2D eigenvalue weighted by Gasteiger charge is 2.26. The van der Waals surface area contributed by atoms with Crippen molar-refractivity contribution in [3.63, 3.8) is 0 Å². The standard InChI is InChI=1S/C14H22ClN3O/c1-10(2)7-8-18(11-5-3-4-6-11)13-12(15)14(19)17-9-16-13/h9-11H,3-8H2,1-2H3,(H,16,17,19). The van der Waals surface area contributed by atoms with Crippen LogP contribution in [-0.2, 0) is 0 Å². The molecule has 0 aliphatic heterocycles. The lowest BCUT2D eigenvalue weighted by molar-refractivity contribution is 0.524. The first-order valence-electron chi connectivity index (χ1n) is 7.09. The Kier molecular flexibility index (Phi) is 4.86. The van der Waals surface area contributed by atoms with Gasteiger partial charge in [-0.2, -0.15) is 0 Å². The Bertz CT molecular complexity index is 466. The van der Waals surface area contributed by atoms with E-state index in [-0.39, 0.29) is 10.6 Å². The molecular formula is C14H22ClN3O. The molecule has 2 rings (SSSR count). The predicted octanol–water partition coefficient (Wildman–Crippen LogP) is 3.22. The van der Waals surface area contributed by atoms with Crippen molar-refractivity contribution in [1.82, 2.24) is 9.97 Å². The van der Waals surface area contributed by atoms with Crippen LogP contribution in [0.4, 0.5) is 5.82 Å². The fraction of sp³-hybridized carbons (Fsp3) is 0.714. The first kappa shape index (κ1) is 14.4. The molecule has 1 aromatic heterocycles. The maximum Gasteiger partial charge on any atom is 0.271 e. The lowest BCUT2D eigenvalue weighted by atomic mass is 10.1. The molecule has 0 atom stereocenters. The second kappa shape index (κ2) is 6.42. The SMILES string of the molecule is CC(C)CCN(c1nc[nH]c(=O)c1Cl)C1CCCC1.